The maximum absolute atomic E-state index is 12.6. The first-order chi connectivity index (χ1) is 36.2. The number of amides is 1. The summed E-state index contributed by atoms with van der Waals surface area (Å²) in [6.07, 6.45) is 85.9. The highest BCUT2D eigenvalue weighted by atomic mass is 16.3. The van der Waals surface area contributed by atoms with Crippen molar-refractivity contribution in [3.05, 3.63) is 0 Å². The first kappa shape index (κ1) is 72.4. The molecule has 4 heteroatoms. The summed E-state index contributed by atoms with van der Waals surface area (Å²) in [4.78, 5) is 12.6. The predicted molar refractivity (Wildman–Crippen MR) is 327 cm³/mol. The molecule has 0 radical (unpaired) electrons. The fourth-order valence-electron chi connectivity index (χ4n) is 11.6. The summed E-state index contributed by atoms with van der Waals surface area (Å²) in [7, 11) is 0. The molecule has 2 unspecified atom stereocenters. The molecular weight excluding hydrogens is 891 g/mol. The van der Waals surface area contributed by atoms with Crippen molar-refractivity contribution in [2.45, 2.75) is 431 Å². The Morgan fingerprint density at radius 3 is 0.616 bits per heavy atom. The fraction of sp³-hybridized carbons (Fsp3) is 0.986. The topological polar surface area (TPSA) is 69.6 Å². The van der Waals surface area contributed by atoms with E-state index < -0.39 is 12.1 Å². The van der Waals surface area contributed by atoms with Crippen molar-refractivity contribution in [3.63, 3.8) is 0 Å². The third kappa shape index (κ3) is 62.1. The minimum Gasteiger partial charge on any atom is -0.394 e. The van der Waals surface area contributed by atoms with Crippen molar-refractivity contribution in [1.29, 1.82) is 0 Å². The minimum atomic E-state index is -0.656. The summed E-state index contributed by atoms with van der Waals surface area (Å²) in [5.41, 5.74) is 0. The Hall–Kier alpha value is -0.610. The van der Waals surface area contributed by atoms with Gasteiger partial charge in [-0.05, 0) is 12.8 Å². The first-order valence-corrected chi connectivity index (χ1v) is 34.7. The molecule has 438 valence electrons. The van der Waals surface area contributed by atoms with E-state index in [1.807, 2.05) is 0 Å². The highest BCUT2D eigenvalue weighted by molar-refractivity contribution is 5.76. The minimum absolute atomic E-state index is 0.0194. The summed E-state index contributed by atoms with van der Waals surface area (Å²) in [5, 5.41) is 23.5. The van der Waals surface area contributed by atoms with Gasteiger partial charge in [0.25, 0.3) is 0 Å². The van der Waals surface area contributed by atoms with Crippen LogP contribution in [-0.4, -0.2) is 34.9 Å². The lowest BCUT2D eigenvalue weighted by Crippen LogP contribution is -2.45. The zero-order valence-corrected chi connectivity index (χ0v) is 50.7. The lowest BCUT2D eigenvalue weighted by atomic mass is 10.0. The van der Waals surface area contributed by atoms with E-state index in [0.29, 0.717) is 12.8 Å². The van der Waals surface area contributed by atoms with Gasteiger partial charge in [0.1, 0.15) is 0 Å². The van der Waals surface area contributed by atoms with Crippen LogP contribution in [0.5, 0.6) is 0 Å². The van der Waals surface area contributed by atoms with Gasteiger partial charge in [-0.1, -0.05) is 399 Å². The Balaban J connectivity index is 3.35. The van der Waals surface area contributed by atoms with Gasteiger partial charge in [0, 0.05) is 6.42 Å². The molecule has 0 aromatic carbocycles. The molecule has 0 fully saturated rings. The van der Waals surface area contributed by atoms with Crippen molar-refractivity contribution in [2.75, 3.05) is 6.61 Å². The number of unbranched alkanes of at least 4 members (excludes halogenated alkanes) is 59. The monoisotopic (exact) mass is 1030 g/mol. The Bertz CT molecular complexity index is 987. The number of aliphatic hydroxyl groups is 2. The molecule has 3 N–H and O–H groups in total. The van der Waals surface area contributed by atoms with Crippen LogP contribution < -0.4 is 5.32 Å². The van der Waals surface area contributed by atoms with E-state index in [-0.39, 0.29) is 12.5 Å². The Morgan fingerprint density at radius 2 is 0.438 bits per heavy atom. The first-order valence-electron chi connectivity index (χ1n) is 34.7. The second-order valence-electron chi connectivity index (χ2n) is 24.3. The molecule has 0 saturated carbocycles. The van der Waals surface area contributed by atoms with Gasteiger partial charge >= 0.3 is 0 Å². The molecule has 73 heavy (non-hydrogen) atoms. The number of carbonyl (C=O) groups excluding carboxylic acids is 1. The quantitative estimate of drug-likeness (QED) is 0.0532. The van der Waals surface area contributed by atoms with Crippen molar-refractivity contribution in [1.82, 2.24) is 5.32 Å². The zero-order chi connectivity index (χ0) is 52.7. The second kappa shape index (κ2) is 65.7. The smallest absolute Gasteiger partial charge is 0.220 e. The van der Waals surface area contributed by atoms with Crippen LogP contribution in [-0.2, 0) is 4.79 Å². The highest BCUT2D eigenvalue weighted by Gasteiger charge is 2.20. The van der Waals surface area contributed by atoms with E-state index in [1.54, 1.807) is 0 Å². The number of carbonyl (C=O) groups is 1. The molecule has 1 amide bonds. The van der Waals surface area contributed by atoms with Crippen molar-refractivity contribution in [2.24, 2.45) is 0 Å². The molecule has 2 atom stereocenters. The lowest BCUT2D eigenvalue weighted by Gasteiger charge is -2.22. The maximum Gasteiger partial charge on any atom is 0.220 e. The molecule has 0 aliphatic heterocycles. The van der Waals surface area contributed by atoms with E-state index in [1.165, 1.54) is 366 Å². The van der Waals surface area contributed by atoms with Gasteiger partial charge in [0.2, 0.25) is 5.91 Å². The van der Waals surface area contributed by atoms with Crippen LogP contribution in [0.15, 0.2) is 0 Å². The summed E-state index contributed by atoms with van der Waals surface area (Å²) in [5.74, 6) is -0.0194. The van der Waals surface area contributed by atoms with Crippen molar-refractivity contribution < 1.29 is 15.0 Å². The molecule has 0 aliphatic rings. The van der Waals surface area contributed by atoms with Crippen molar-refractivity contribution in [3.8, 4) is 0 Å². The Labute approximate surface area is 461 Å². The Kier molecular flexibility index (Phi) is 65.1. The van der Waals surface area contributed by atoms with Gasteiger partial charge < -0.3 is 15.5 Å². The standard InChI is InChI=1S/C69H139NO3/c1-3-5-7-9-11-13-15-17-19-21-23-25-27-29-31-33-34-35-36-37-38-40-42-44-46-48-50-52-54-56-58-60-62-64-68(72)67(66-71)70-69(73)65-63-61-59-57-55-53-51-49-47-45-43-41-39-32-30-28-26-24-22-20-18-16-14-12-10-8-6-4-2/h67-68,71-72H,3-66H2,1-2H3,(H,70,73). The molecule has 0 spiro atoms. The van der Waals surface area contributed by atoms with E-state index in [9.17, 15) is 15.0 Å². The van der Waals surface area contributed by atoms with Crippen LogP contribution in [0.4, 0.5) is 0 Å². The average molecular weight is 1030 g/mol. The highest BCUT2D eigenvalue weighted by Crippen LogP contribution is 2.20. The second-order valence-corrected chi connectivity index (χ2v) is 24.3. The van der Waals surface area contributed by atoms with Gasteiger partial charge in [0.05, 0.1) is 18.8 Å². The van der Waals surface area contributed by atoms with Gasteiger partial charge in [0.15, 0.2) is 0 Å². The van der Waals surface area contributed by atoms with Crippen LogP contribution in [0.25, 0.3) is 0 Å². The fourth-order valence-corrected chi connectivity index (χ4v) is 11.6. The van der Waals surface area contributed by atoms with Gasteiger partial charge in [-0.2, -0.15) is 0 Å². The molecule has 0 aromatic rings. The van der Waals surface area contributed by atoms with E-state index in [2.05, 4.69) is 19.2 Å². The van der Waals surface area contributed by atoms with E-state index >= 15 is 0 Å². The Morgan fingerprint density at radius 1 is 0.274 bits per heavy atom. The van der Waals surface area contributed by atoms with Crippen LogP contribution in [0.2, 0.25) is 0 Å². The summed E-state index contributed by atoms with van der Waals surface area (Å²) >= 11 is 0. The number of nitrogens with one attached hydrogen (secondary N) is 1. The molecule has 0 saturated heterocycles. The number of rotatable bonds is 66. The normalized spacial score (nSPS) is 12.5. The van der Waals surface area contributed by atoms with Crippen molar-refractivity contribution >= 4 is 5.91 Å². The van der Waals surface area contributed by atoms with Gasteiger partial charge in [-0.3, -0.25) is 4.79 Å². The average Bonchev–Trinajstić information content (AvgIpc) is 3.40. The zero-order valence-electron chi connectivity index (χ0n) is 50.7. The molecule has 0 rings (SSSR count). The molecular formula is C69H139NO3. The number of hydrogen-bond donors (Lipinski definition) is 3. The largest absolute Gasteiger partial charge is 0.394 e. The third-order valence-corrected chi connectivity index (χ3v) is 16.9. The predicted octanol–water partition coefficient (Wildman–Crippen LogP) is 23.4. The SMILES string of the molecule is CCCCCCCCCCCCCCCCCCCCCCCCCCCCCCCCCCCC(O)C(CO)NC(=O)CCCCCCCCCCCCCCCCCCCCCCCCCCCCCC. The summed E-state index contributed by atoms with van der Waals surface area (Å²) in [6.45, 7) is 4.42. The summed E-state index contributed by atoms with van der Waals surface area (Å²) < 4.78 is 0. The van der Waals surface area contributed by atoms with Gasteiger partial charge in [-0.15, -0.1) is 0 Å². The van der Waals surface area contributed by atoms with E-state index in [4.69, 9.17) is 0 Å². The van der Waals surface area contributed by atoms with Crippen LogP contribution >= 0.6 is 0 Å². The maximum atomic E-state index is 12.6. The third-order valence-electron chi connectivity index (χ3n) is 16.9. The molecule has 0 aliphatic carbocycles. The van der Waals surface area contributed by atoms with Crippen LogP contribution in [0, 0.1) is 0 Å². The number of aliphatic hydroxyl groups excluding tert-OH is 2. The lowest BCUT2D eigenvalue weighted by molar-refractivity contribution is -0.123. The van der Waals surface area contributed by atoms with Crippen LogP contribution in [0.1, 0.15) is 418 Å². The molecule has 4 nitrogen and oxygen atoms in total. The molecule has 0 heterocycles. The molecule has 0 aromatic heterocycles. The van der Waals surface area contributed by atoms with E-state index in [0.717, 1.165) is 25.7 Å². The van der Waals surface area contributed by atoms with Crippen LogP contribution in [0.3, 0.4) is 0 Å². The number of hydrogen-bond acceptors (Lipinski definition) is 3. The molecule has 0 bridgehead atoms. The summed E-state index contributed by atoms with van der Waals surface area (Å²) in [6, 6.07) is -0.533. The van der Waals surface area contributed by atoms with Gasteiger partial charge in [-0.25, -0.2) is 0 Å².